The lowest BCUT2D eigenvalue weighted by atomic mass is 9.92. The number of benzene rings is 4. The van der Waals surface area contributed by atoms with Gasteiger partial charge in [-0.3, -0.25) is 0 Å². The van der Waals surface area contributed by atoms with Gasteiger partial charge in [0.2, 0.25) is 0 Å². The van der Waals surface area contributed by atoms with Gasteiger partial charge in [-0.2, -0.15) is 5.26 Å². The number of hydrogen-bond donors (Lipinski definition) is 0. The maximum atomic E-state index is 9.88. The van der Waals surface area contributed by atoms with Gasteiger partial charge in [-0.15, -0.1) is 0 Å². The summed E-state index contributed by atoms with van der Waals surface area (Å²) in [7, 11) is 1.95. The van der Waals surface area contributed by atoms with E-state index in [0.717, 1.165) is 38.7 Å². The standard InChI is InChI=1S/C29H22ClN3O/c1-33-19-32-17-28(33)29(34-18-20-9-13-24(30)14-10-20)22-11-12-23(16-31)27(15-22)26-8-4-6-21-5-2-3-7-25(21)26/h2-15,17,19,29H,18H2,1H3. The van der Waals surface area contributed by atoms with Gasteiger partial charge in [0.15, 0.2) is 0 Å². The van der Waals surface area contributed by atoms with Crippen LogP contribution in [0.3, 0.4) is 0 Å². The summed E-state index contributed by atoms with van der Waals surface area (Å²) < 4.78 is 8.41. The van der Waals surface area contributed by atoms with E-state index in [4.69, 9.17) is 16.3 Å². The van der Waals surface area contributed by atoms with Crippen LogP contribution in [0.4, 0.5) is 0 Å². The largest absolute Gasteiger partial charge is 0.363 e. The minimum atomic E-state index is -0.357. The molecule has 0 aliphatic heterocycles. The van der Waals surface area contributed by atoms with Gasteiger partial charge in [-0.25, -0.2) is 4.98 Å². The quantitative estimate of drug-likeness (QED) is 0.270. The van der Waals surface area contributed by atoms with Crippen LogP contribution in [-0.4, -0.2) is 9.55 Å². The number of halogens is 1. The smallest absolute Gasteiger partial charge is 0.124 e. The fraction of sp³-hybridized carbons (Fsp3) is 0.103. The molecule has 0 aliphatic carbocycles. The van der Waals surface area contributed by atoms with Crippen molar-refractivity contribution in [3.63, 3.8) is 0 Å². The first kappa shape index (κ1) is 21.9. The number of nitriles is 1. The molecule has 0 N–H and O–H groups in total. The zero-order valence-electron chi connectivity index (χ0n) is 18.6. The minimum Gasteiger partial charge on any atom is -0.363 e. The Balaban J connectivity index is 1.60. The lowest BCUT2D eigenvalue weighted by molar-refractivity contribution is 0.0622. The van der Waals surface area contributed by atoms with Gasteiger partial charge in [0.25, 0.3) is 0 Å². The first-order chi connectivity index (χ1) is 16.6. The maximum Gasteiger partial charge on any atom is 0.124 e. The molecule has 34 heavy (non-hydrogen) atoms. The van der Waals surface area contributed by atoms with Crippen molar-refractivity contribution >= 4 is 22.4 Å². The van der Waals surface area contributed by atoms with Crippen molar-refractivity contribution in [2.24, 2.45) is 7.05 Å². The molecule has 5 rings (SSSR count). The zero-order chi connectivity index (χ0) is 23.5. The summed E-state index contributed by atoms with van der Waals surface area (Å²) in [6.45, 7) is 0.413. The van der Waals surface area contributed by atoms with Crippen LogP contribution in [0.15, 0.2) is 97.5 Å². The number of fused-ring (bicyclic) bond motifs is 1. The Labute approximate surface area is 203 Å². The Morgan fingerprint density at radius 1 is 0.971 bits per heavy atom. The summed E-state index contributed by atoms with van der Waals surface area (Å²) in [6, 6.07) is 30.3. The van der Waals surface area contributed by atoms with Gasteiger partial charge >= 0.3 is 0 Å². The maximum absolute atomic E-state index is 9.88. The van der Waals surface area contributed by atoms with E-state index in [2.05, 4.69) is 41.4 Å². The molecule has 0 radical (unpaired) electrons. The fourth-order valence-corrected chi connectivity index (χ4v) is 4.36. The lowest BCUT2D eigenvalue weighted by Gasteiger charge is -2.21. The second-order valence-corrected chi connectivity index (χ2v) is 8.63. The SMILES string of the molecule is Cn1cncc1C(OCc1ccc(Cl)cc1)c1ccc(C#N)c(-c2cccc3ccccc23)c1. The summed E-state index contributed by atoms with van der Waals surface area (Å²) in [6.07, 6.45) is 3.23. The summed E-state index contributed by atoms with van der Waals surface area (Å²) in [4.78, 5) is 4.30. The molecular formula is C29H22ClN3O. The van der Waals surface area contributed by atoms with Gasteiger partial charge in [-0.1, -0.05) is 72.3 Å². The van der Waals surface area contributed by atoms with Crippen LogP contribution in [0.25, 0.3) is 21.9 Å². The van der Waals surface area contributed by atoms with Crippen LogP contribution in [0.1, 0.15) is 28.5 Å². The number of hydrogen-bond acceptors (Lipinski definition) is 3. The van der Waals surface area contributed by atoms with Crippen LogP contribution in [-0.2, 0) is 18.4 Å². The molecule has 1 aromatic heterocycles. The number of rotatable bonds is 6. The van der Waals surface area contributed by atoms with Gasteiger partial charge in [-0.05, 0) is 51.7 Å². The second kappa shape index (κ2) is 9.52. The Hall–Kier alpha value is -3.91. The predicted octanol–water partition coefficient (Wildman–Crippen LogP) is 7.07. The van der Waals surface area contributed by atoms with Crippen LogP contribution < -0.4 is 0 Å². The molecule has 0 saturated carbocycles. The molecular weight excluding hydrogens is 442 g/mol. The highest BCUT2D eigenvalue weighted by Gasteiger charge is 2.21. The molecule has 5 heteroatoms. The molecule has 0 spiro atoms. The van der Waals surface area contributed by atoms with E-state index >= 15 is 0 Å². The number of ether oxygens (including phenoxy) is 1. The minimum absolute atomic E-state index is 0.357. The molecule has 166 valence electrons. The molecule has 4 nitrogen and oxygen atoms in total. The molecule has 4 aromatic carbocycles. The Morgan fingerprint density at radius 2 is 1.76 bits per heavy atom. The first-order valence-electron chi connectivity index (χ1n) is 11.0. The Bertz CT molecular complexity index is 1490. The van der Waals surface area contributed by atoms with E-state index in [0.29, 0.717) is 17.2 Å². The van der Waals surface area contributed by atoms with Crippen LogP contribution in [0, 0.1) is 11.3 Å². The topological polar surface area (TPSA) is 50.8 Å². The Kier molecular flexibility index (Phi) is 6.14. The number of aryl methyl sites for hydroxylation is 1. The molecule has 0 amide bonds. The summed E-state index contributed by atoms with van der Waals surface area (Å²) in [5, 5.41) is 12.8. The average molecular weight is 464 g/mol. The van der Waals surface area contributed by atoms with E-state index in [1.807, 2.05) is 72.4 Å². The lowest BCUT2D eigenvalue weighted by Crippen LogP contribution is -2.11. The summed E-state index contributed by atoms with van der Waals surface area (Å²) in [5.74, 6) is 0. The van der Waals surface area contributed by atoms with Gasteiger partial charge in [0.1, 0.15) is 6.10 Å². The molecule has 1 atom stereocenters. The van der Waals surface area contributed by atoms with E-state index in [9.17, 15) is 5.26 Å². The molecule has 0 saturated heterocycles. The normalized spacial score (nSPS) is 11.9. The van der Waals surface area contributed by atoms with E-state index in [-0.39, 0.29) is 6.10 Å². The third kappa shape index (κ3) is 4.32. The van der Waals surface area contributed by atoms with Gasteiger partial charge < -0.3 is 9.30 Å². The highest BCUT2D eigenvalue weighted by atomic mass is 35.5. The van der Waals surface area contributed by atoms with Crippen molar-refractivity contribution in [3.8, 4) is 17.2 Å². The van der Waals surface area contributed by atoms with Crippen molar-refractivity contribution < 1.29 is 4.74 Å². The van der Waals surface area contributed by atoms with Gasteiger partial charge in [0, 0.05) is 17.6 Å². The molecule has 1 unspecified atom stereocenters. The molecule has 0 fully saturated rings. The van der Waals surface area contributed by atoms with Crippen molar-refractivity contribution in [3.05, 3.63) is 125 Å². The van der Waals surface area contributed by atoms with Crippen LogP contribution in [0.2, 0.25) is 5.02 Å². The predicted molar refractivity (Wildman–Crippen MR) is 135 cm³/mol. The third-order valence-corrected chi connectivity index (χ3v) is 6.25. The van der Waals surface area contributed by atoms with Crippen molar-refractivity contribution in [1.29, 1.82) is 5.26 Å². The number of aromatic nitrogens is 2. The van der Waals surface area contributed by atoms with Crippen LogP contribution >= 0.6 is 11.6 Å². The van der Waals surface area contributed by atoms with Crippen molar-refractivity contribution in [2.75, 3.05) is 0 Å². The summed E-state index contributed by atoms with van der Waals surface area (Å²) in [5.41, 5.74) is 5.46. The fourth-order valence-electron chi connectivity index (χ4n) is 4.24. The van der Waals surface area contributed by atoms with Crippen LogP contribution in [0.5, 0.6) is 0 Å². The first-order valence-corrected chi connectivity index (χ1v) is 11.4. The zero-order valence-corrected chi connectivity index (χ0v) is 19.4. The number of nitrogens with zero attached hydrogens (tertiary/aromatic N) is 3. The van der Waals surface area contributed by atoms with Gasteiger partial charge in [0.05, 0.1) is 36.5 Å². The monoisotopic (exact) mass is 463 g/mol. The number of imidazole rings is 1. The highest BCUT2D eigenvalue weighted by Crippen LogP contribution is 2.35. The second-order valence-electron chi connectivity index (χ2n) is 8.19. The molecule has 0 bridgehead atoms. The molecule has 1 heterocycles. The van der Waals surface area contributed by atoms with Crippen molar-refractivity contribution in [2.45, 2.75) is 12.7 Å². The highest BCUT2D eigenvalue weighted by molar-refractivity contribution is 6.30. The van der Waals surface area contributed by atoms with E-state index in [1.54, 1.807) is 6.33 Å². The van der Waals surface area contributed by atoms with E-state index in [1.165, 1.54) is 0 Å². The molecule has 5 aromatic rings. The average Bonchev–Trinajstić information content (AvgIpc) is 3.30. The Morgan fingerprint density at radius 3 is 2.53 bits per heavy atom. The van der Waals surface area contributed by atoms with Crippen molar-refractivity contribution in [1.82, 2.24) is 9.55 Å². The summed E-state index contributed by atoms with van der Waals surface area (Å²) >= 11 is 6.04. The van der Waals surface area contributed by atoms with E-state index < -0.39 is 0 Å². The molecule has 0 aliphatic rings. The third-order valence-electron chi connectivity index (χ3n) is 6.00.